The Morgan fingerprint density at radius 1 is 1.29 bits per heavy atom. The van der Waals surface area contributed by atoms with Gasteiger partial charge in [-0.15, -0.1) is 11.3 Å². The van der Waals surface area contributed by atoms with E-state index in [-0.39, 0.29) is 45.3 Å². The fraction of sp³-hybridized carbons (Fsp3) is 0.500. The number of nitrogens with one attached hydrogen (secondary N) is 1. The molecule has 0 unspecified atom stereocenters. The standard InChI is InChI=1S/C34H42N4O9S2/c1-20(2)15-38(49(41,42)26-9-10-31-28(14-26)21(3)37-47-31)16-30(39)29(36-34(40)46-32-18-45-33-27(32)11-12-43-33)13-23-5-7-25(8-6-23)44-17-24-19-48-22(4)35-24/h5-10,14,19-20,27,29-30,32-33,39H,11-13,15-18H2,1-4H3,(H,36,40)/t27-,29-,30+,32-,33+/m0/s1/i1D3,2D3,3D3,17D2,18D2,20D,32D. The molecule has 2 aliphatic heterocycles. The number of fused-ring (bicyclic) bond motifs is 2. The highest BCUT2D eigenvalue weighted by Gasteiger charge is 2.44. The number of aliphatic hydroxyl groups is 1. The minimum absolute atomic E-state index is 0.0110. The number of sulfonamides is 1. The number of hydrogen-bond donors (Lipinski definition) is 2. The number of thiazole rings is 1. The van der Waals surface area contributed by atoms with Crippen LogP contribution in [-0.2, 0) is 37.2 Å². The first kappa shape index (κ1) is 20.9. The van der Waals surface area contributed by atoms with Gasteiger partial charge in [-0.05, 0) is 68.4 Å². The van der Waals surface area contributed by atoms with Crippen molar-refractivity contribution in [1.82, 2.24) is 19.8 Å². The normalized spacial score (nSPS) is 28.8. The Bertz CT molecular complexity index is 2430. The topological polar surface area (TPSA) is 163 Å². The van der Waals surface area contributed by atoms with Crippen molar-refractivity contribution in [3.05, 3.63) is 69.8 Å². The van der Waals surface area contributed by atoms with E-state index in [9.17, 15) is 18.3 Å². The van der Waals surface area contributed by atoms with E-state index < -0.39 is 116 Å². The van der Waals surface area contributed by atoms with Crippen molar-refractivity contribution in [1.29, 1.82) is 0 Å². The van der Waals surface area contributed by atoms with Crippen LogP contribution in [0.5, 0.6) is 5.75 Å². The molecule has 4 aromatic rings. The van der Waals surface area contributed by atoms with Crippen LogP contribution in [0.4, 0.5) is 4.79 Å². The van der Waals surface area contributed by atoms with Crippen LogP contribution in [0.25, 0.3) is 11.0 Å². The average molecular weight is 730 g/mol. The zero-order chi connectivity index (χ0) is 47.6. The van der Waals surface area contributed by atoms with Crippen LogP contribution in [0.1, 0.15) is 62.6 Å². The molecule has 2 aromatic carbocycles. The maximum atomic E-state index is 14.6. The fourth-order valence-electron chi connectivity index (χ4n) is 5.24. The molecule has 2 N–H and O–H groups in total. The number of carbonyl (C=O) groups is 1. The van der Waals surface area contributed by atoms with Crippen LogP contribution in [0, 0.1) is 25.6 Å². The lowest BCUT2D eigenvalue weighted by molar-refractivity contribution is -0.0907. The Balaban J connectivity index is 1.37. The summed E-state index contributed by atoms with van der Waals surface area (Å²) < 4.78 is 178. The fourth-order valence-corrected chi connectivity index (χ4v) is 7.23. The molecule has 264 valence electrons. The molecule has 0 spiro atoms. The van der Waals surface area contributed by atoms with E-state index in [0.29, 0.717) is 5.01 Å². The van der Waals surface area contributed by atoms with E-state index in [4.69, 9.17) is 44.0 Å². The van der Waals surface area contributed by atoms with Gasteiger partial charge in [-0.3, -0.25) is 0 Å². The number of aromatic nitrogens is 2. The molecule has 5 atom stereocenters. The first-order valence-electron chi connectivity index (χ1n) is 22.4. The van der Waals surface area contributed by atoms with Gasteiger partial charge >= 0.3 is 6.09 Å². The maximum absolute atomic E-state index is 14.6. The lowest BCUT2D eigenvalue weighted by atomic mass is 10.0. The summed E-state index contributed by atoms with van der Waals surface area (Å²) in [6, 6.07) is 6.55. The van der Waals surface area contributed by atoms with Crippen molar-refractivity contribution in [3.8, 4) is 5.75 Å². The average Bonchev–Trinajstić information content (AvgIpc) is 3.96. The number of benzene rings is 2. The summed E-state index contributed by atoms with van der Waals surface area (Å²) in [5.41, 5.74) is -0.531. The Hall–Kier alpha value is -3.60. The van der Waals surface area contributed by atoms with Gasteiger partial charge in [-0.2, -0.15) is 4.31 Å². The van der Waals surface area contributed by atoms with Crippen LogP contribution < -0.4 is 10.1 Å². The zero-order valence-electron chi connectivity index (χ0n) is 40.8. The highest BCUT2D eigenvalue weighted by atomic mass is 32.2. The van der Waals surface area contributed by atoms with Crippen LogP contribution in [-0.4, -0.2) is 84.8 Å². The van der Waals surface area contributed by atoms with Gasteiger partial charge < -0.3 is 33.9 Å². The minimum Gasteiger partial charge on any atom is -0.487 e. The third kappa shape index (κ3) is 8.41. The third-order valence-corrected chi connectivity index (χ3v) is 10.3. The number of aryl methyl sites for hydroxylation is 2. The van der Waals surface area contributed by atoms with Gasteiger partial charge in [0.05, 0.1) is 59.4 Å². The van der Waals surface area contributed by atoms with Crippen LogP contribution in [0.2, 0.25) is 0 Å². The summed E-state index contributed by atoms with van der Waals surface area (Å²) in [6.45, 7) is -16.7. The summed E-state index contributed by atoms with van der Waals surface area (Å²) >= 11 is 1.20. The molecular formula is C34H42N4O9S2. The van der Waals surface area contributed by atoms with Gasteiger partial charge in [-0.1, -0.05) is 31.0 Å². The van der Waals surface area contributed by atoms with Crippen LogP contribution in [0.15, 0.2) is 57.3 Å². The number of alkyl carbamates (subject to hydrolysis) is 1. The molecule has 1 amide bonds. The first-order valence-corrected chi connectivity index (χ1v) is 17.2. The Morgan fingerprint density at radius 2 is 2.12 bits per heavy atom. The number of hydrogen-bond acceptors (Lipinski definition) is 12. The molecule has 2 saturated heterocycles. The molecule has 49 heavy (non-hydrogen) atoms. The van der Waals surface area contributed by atoms with E-state index >= 15 is 0 Å². The van der Waals surface area contributed by atoms with Gasteiger partial charge in [0.25, 0.3) is 0 Å². The molecule has 2 aromatic heterocycles. The summed E-state index contributed by atoms with van der Waals surface area (Å²) in [4.78, 5) is 17.0. The van der Waals surface area contributed by atoms with E-state index in [0.717, 1.165) is 18.2 Å². The second-order valence-corrected chi connectivity index (χ2v) is 14.2. The number of ether oxygens (including phenoxy) is 4. The lowest BCUT2D eigenvalue weighted by Crippen LogP contribution is -2.51. The maximum Gasteiger partial charge on any atom is 0.407 e. The number of rotatable bonds is 14. The highest BCUT2D eigenvalue weighted by molar-refractivity contribution is 7.89. The molecule has 4 heterocycles. The number of nitrogens with zero attached hydrogens (tertiary/aromatic N) is 3. The van der Waals surface area contributed by atoms with Crippen molar-refractivity contribution >= 4 is 38.4 Å². The molecule has 0 bridgehead atoms. The smallest absolute Gasteiger partial charge is 0.407 e. The summed E-state index contributed by atoms with van der Waals surface area (Å²) in [5.74, 6) is -4.64. The van der Waals surface area contributed by atoms with Crippen LogP contribution >= 0.6 is 11.3 Å². The Morgan fingerprint density at radius 3 is 2.88 bits per heavy atom. The third-order valence-electron chi connectivity index (χ3n) is 7.70. The van der Waals surface area contributed by atoms with Crippen molar-refractivity contribution in [2.75, 3.05) is 26.3 Å². The summed E-state index contributed by atoms with van der Waals surface area (Å²) in [6.07, 6.45) is -7.97. The van der Waals surface area contributed by atoms with Crippen molar-refractivity contribution in [2.45, 2.75) is 76.3 Å². The van der Waals surface area contributed by atoms with E-state index in [1.807, 2.05) is 0 Å². The van der Waals surface area contributed by atoms with Crippen molar-refractivity contribution in [2.24, 2.45) is 11.8 Å². The second-order valence-electron chi connectivity index (χ2n) is 11.2. The molecule has 2 aliphatic rings. The van der Waals surface area contributed by atoms with E-state index in [2.05, 4.69) is 15.5 Å². The Labute approximate surface area is 310 Å². The van der Waals surface area contributed by atoms with Gasteiger partial charge in [-0.25, -0.2) is 18.2 Å². The first-order chi connectivity index (χ1) is 29.3. The summed E-state index contributed by atoms with van der Waals surface area (Å²) in [7, 11) is -5.22. The van der Waals surface area contributed by atoms with E-state index in [1.165, 1.54) is 41.0 Å². The quantitative estimate of drug-likeness (QED) is 0.187. The monoisotopic (exact) mass is 729 g/mol. The van der Waals surface area contributed by atoms with Crippen molar-refractivity contribution < 1.29 is 62.4 Å². The molecule has 15 heteroatoms. The largest absolute Gasteiger partial charge is 0.487 e. The number of amides is 1. The van der Waals surface area contributed by atoms with Gasteiger partial charge in [0.1, 0.15) is 18.4 Å². The van der Waals surface area contributed by atoms with Gasteiger partial charge in [0.2, 0.25) is 10.0 Å². The lowest BCUT2D eigenvalue weighted by Gasteiger charge is -2.31. The molecule has 2 fully saturated rings. The second kappa shape index (κ2) is 15.1. The molecule has 6 rings (SSSR count). The molecule has 0 radical (unpaired) electrons. The SMILES string of the molecule is [2H]C([2H])([2H])c1noc2ccc(S(=O)(=O)N(C[C@@H](O)[C@H](Cc3ccc(OC([2H])([2H])c4csc(C)n4)cc3)NC(=O)O[C@]3([2H])[C@@H]4CCO[C@@H]4OC3([2H])[2H])CC([2H])(C([2H])([2H])[2H])C([2H])([2H])[2H])cc12. The summed E-state index contributed by atoms with van der Waals surface area (Å²) in [5, 5.41) is 19.5. The Kier molecular flexibility index (Phi) is 6.45. The predicted molar refractivity (Wildman–Crippen MR) is 181 cm³/mol. The molecule has 13 nitrogen and oxygen atoms in total. The van der Waals surface area contributed by atoms with Crippen molar-refractivity contribution in [3.63, 3.8) is 0 Å². The predicted octanol–water partition coefficient (Wildman–Crippen LogP) is 4.59. The number of carbonyl (C=O) groups excluding carboxylic acids is 1. The zero-order valence-corrected chi connectivity index (χ0v) is 27.5. The van der Waals surface area contributed by atoms with E-state index in [1.54, 1.807) is 6.92 Å². The molecule has 0 aliphatic carbocycles. The van der Waals surface area contributed by atoms with Gasteiger partial charge in [0, 0.05) is 37.6 Å². The number of aliphatic hydroxyl groups excluding tert-OH is 1. The molecular weight excluding hydrogens is 673 g/mol. The highest BCUT2D eigenvalue weighted by Crippen LogP contribution is 2.33. The minimum atomic E-state index is -5.22. The molecule has 0 saturated carbocycles. The van der Waals surface area contributed by atoms with Gasteiger partial charge in [0.15, 0.2) is 11.9 Å². The van der Waals surface area contributed by atoms with Crippen LogP contribution in [0.3, 0.4) is 0 Å².